The van der Waals surface area contributed by atoms with Gasteiger partial charge in [0, 0.05) is 37.2 Å². The number of nitrogens with zero attached hydrogens (tertiary/aromatic N) is 1. The summed E-state index contributed by atoms with van der Waals surface area (Å²) in [4.78, 5) is 29.0. The van der Waals surface area contributed by atoms with Crippen molar-refractivity contribution in [1.29, 1.82) is 0 Å². The van der Waals surface area contributed by atoms with Crippen LogP contribution in [0.3, 0.4) is 0 Å². The summed E-state index contributed by atoms with van der Waals surface area (Å²) in [5, 5.41) is 3.13. The zero-order chi connectivity index (χ0) is 32.2. The van der Waals surface area contributed by atoms with Crippen LogP contribution in [0.1, 0.15) is 33.3 Å². The first-order valence-corrected chi connectivity index (χ1v) is 17.5. The number of sulfonamides is 2. The third-order valence-corrected chi connectivity index (χ3v) is 8.53. The van der Waals surface area contributed by atoms with Crippen molar-refractivity contribution in [3.8, 4) is 0 Å². The molecule has 0 spiro atoms. The fourth-order valence-corrected chi connectivity index (χ4v) is 5.99. The van der Waals surface area contributed by atoms with E-state index in [0.29, 0.717) is 23.8 Å². The molecule has 15 heteroatoms. The smallest absolute Gasteiger partial charge is 0.245 e. The molecule has 2 amide bonds. The van der Waals surface area contributed by atoms with Gasteiger partial charge in [0.1, 0.15) is 12.1 Å². The van der Waals surface area contributed by atoms with Gasteiger partial charge in [-0.1, -0.05) is 41.9 Å². The van der Waals surface area contributed by atoms with Crippen LogP contribution in [-0.2, 0) is 45.5 Å². The summed E-state index contributed by atoms with van der Waals surface area (Å²) >= 11 is 6.03. The Morgan fingerprint density at radius 3 is 2.00 bits per heavy atom. The van der Waals surface area contributed by atoms with Gasteiger partial charge in [-0.05, 0) is 57.5 Å². The average Bonchev–Trinajstić information content (AvgIpc) is 2.94. The van der Waals surface area contributed by atoms with Crippen LogP contribution in [0, 0.1) is 0 Å². The Bertz CT molecular complexity index is 1390. The lowest BCUT2D eigenvalue weighted by Gasteiger charge is -2.34. The Hall–Kier alpha value is -2.59. The molecule has 240 valence electrons. The predicted molar refractivity (Wildman–Crippen MR) is 164 cm³/mol. The molecule has 0 aliphatic carbocycles. The number of hydrogen-bond acceptors (Lipinski definition) is 8. The second-order valence-electron chi connectivity index (χ2n) is 9.92. The zero-order valence-corrected chi connectivity index (χ0v) is 27.3. The molecule has 0 saturated heterocycles. The highest BCUT2D eigenvalue weighted by Gasteiger charge is 2.33. The number of benzene rings is 2. The van der Waals surface area contributed by atoms with Crippen molar-refractivity contribution < 1.29 is 35.9 Å². The van der Waals surface area contributed by atoms with Gasteiger partial charge in [0.15, 0.2) is 6.29 Å². The molecule has 2 atom stereocenters. The van der Waals surface area contributed by atoms with Crippen molar-refractivity contribution in [3.63, 3.8) is 0 Å². The molecule has 2 aromatic carbocycles. The van der Waals surface area contributed by atoms with E-state index in [1.165, 1.54) is 29.2 Å². The summed E-state index contributed by atoms with van der Waals surface area (Å²) in [6, 6.07) is 11.1. The van der Waals surface area contributed by atoms with Crippen LogP contribution in [0.25, 0.3) is 0 Å². The highest BCUT2D eigenvalue weighted by atomic mass is 35.5. The monoisotopic (exact) mass is 660 g/mol. The fraction of sp³-hybridized carbons (Fsp3) is 0.500. The minimum absolute atomic E-state index is 0.0419. The molecule has 2 rings (SSSR count). The van der Waals surface area contributed by atoms with Gasteiger partial charge in [0.2, 0.25) is 31.9 Å². The summed E-state index contributed by atoms with van der Waals surface area (Å²) in [6.07, 6.45) is 0.178. The van der Waals surface area contributed by atoms with Crippen molar-refractivity contribution >= 4 is 43.5 Å². The number of hydrogen-bond donors (Lipinski definition) is 3. The molecule has 43 heavy (non-hydrogen) atoms. The Labute approximate surface area is 259 Å². The van der Waals surface area contributed by atoms with Gasteiger partial charge in [-0.25, -0.2) is 26.3 Å². The standard InChI is InChI=1S/C28H41ClN4O8S2/c1-6-40-26(41-7-2)19-33(20(3)4)28(35)24(17-21-13-15-22(29)16-14-21)31-27(34)25(32-42(5,36)37)18-30-43(38,39)23-11-9-8-10-12-23/h8-16,20,24-26,30,32H,6-7,17-19H2,1-5H3,(H,31,34). The highest BCUT2D eigenvalue weighted by molar-refractivity contribution is 7.89. The summed E-state index contributed by atoms with van der Waals surface area (Å²) in [5.41, 5.74) is 0.676. The van der Waals surface area contributed by atoms with Crippen molar-refractivity contribution in [1.82, 2.24) is 19.7 Å². The number of halogens is 1. The summed E-state index contributed by atoms with van der Waals surface area (Å²) in [7, 11) is -8.04. The fourth-order valence-electron chi connectivity index (χ4n) is 4.09. The molecular weight excluding hydrogens is 620 g/mol. The lowest BCUT2D eigenvalue weighted by Crippen LogP contribution is -2.59. The van der Waals surface area contributed by atoms with Gasteiger partial charge in [-0.3, -0.25) is 9.59 Å². The summed E-state index contributed by atoms with van der Waals surface area (Å²) in [5.74, 6) is -1.37. The second kappa shape index (κ2) is 17.0. The van der Waals surface area contributed by atoms with Gasteiger partial charge in [-0.15, -0.1) is 0 Å². The molecule has 0 aliphatic rings. The van der Waals surface area contributed by atoms with Crippen molar-refractivity contribution in [2.24, 2.45) is 0 Å². The number of carbonyl (C=O) groups excluding carboxylic acids is 2. The van der Waals surface area contributed by atoms with Crippen molar-refractivity contribution in [2.45, 2.75) is 63.4 Å². The maximum absolute atomic E-state index is 14.0. The number of carbonyl (C=O) groups is 2. The quantitative estimate of drug-likeness (QED) is 0.205. The average molecular weight is 661 g/mol. The summed E-state index contributed by atoms with van der Waals surface area (Å²) in [6.45, 7) is 7.40. The van der Waals surface area contributed by atoms with E-state index >= 15 is 0 Å². The molecule has 12 nitrogen and oxygen atoms in total. The van der Waals surface area contributed by atoms with Crippen LogP contribution in [0.5, 0.6) is 0 Å². The normalized spacial score (nSPS) is 13.6. The molecule has 0 aliphatic heterocycles. The van der Waals surface area contributed by atoms with E-state index in [4.69, 9.17) is 21.1 Å². The lowest BCUT2D eigenvalue weighted by atomic mass is 10.0. The number of amides is 2. The highest BCUT2D eigenvalue weighted by Crippen LogP contribution is 2.15. The predicted octanol–water partition coefficient (Wildman–Crippen LogP) is 1.90. The van der Waals surface area contributed by atoms with E-state index in [1.807, 2.05) is 0 Å². The van der Waals surface area contributed by atoms with E-state index in [-0.39, 0.29) is 23.9 Å². The Morgan fingerprint density at radius 1 is 0.907 bits per heavy atom. The molecule has 0 radical (unpaired) electrons. The van der Waals surface area contributed by atoms with Crippen LogP contribution in [-0.4, -0.2) is 90.5 Å². The van der Waals surface area contributed by atoms with Crippen molar-refractivity contribution in [2.75, 3.05) is 32.6 Å². The minimum Gasteiger partial charge on any atom is -0.351 e. The molecule has 0 bridgehead atoms. The van der Waals surface area contributed by atoms with Crippen LogP contribution in [0.4, 0.5) is 0 Å². The topological polar surface area (TPSA) is 160 Å². The largest absolute Gasteiger partial charge is 0.351 e. The lowest BCUT2D eigenvalue weighted by molar-refractivity contribution is -0.163. The molecule has 0 aromatic heterocycles. The molecular formula is C28H41ClN4O8S2. The van der Waals surface area contributed by atoms with E-state index in [9.17, 15) is 26.4 Å². The van der Waals surface area contributed by atoms with Gasteiger partial charge in [-0.2, -0.15) is 0 Å². The van der Waals surface area contributed by atoms with E-state index in [0.717, 1.165) is 6.26 Å². The Morgan fingerprint density at radius 2 is 1.49 bits per heavy atom. The number of ether oxygens (including phenoxy) is 2. The number of rotatable bonds is 18. The van der Waals surface area contributed by atoms with Gasteiger partial charge < -0.3 is 19.7 Å². The zero-order valence-electron chi connectivity index (χ0n) is 24.9. The van der Waals surface area contributed by atoms with E-state index in [1.54, 1.807) is 58.0 Å². The first-order valence-electron chi connectivity index (χ1n) is 13.8. The SMILES string of the molecule is CCOC(CN(C(=O)C(Cc1ccc(Cl)cc1)NC(=O)C(CNS(=O)(=O)c1ccccc1)NS(C)(=O)=O)C(C)C)OCC. The van der Waals surface area contributed by atoms with Crippen LogP contribution < -0.4 is 14.8 Å². The van der Waals surface area contributed by atoms with Crippen molar-refractivity contribution in [3.05, 3.63) is 65.2 Å². The minimum atomic E-state index is -4.07. The van der Waals surface area contributed by atoms with Gasteiger partial charge in [0.05, 0.1) is 17.7 Å². The van der Waals surface area contributed by atoms with E-state index in [2.05, 4.69) is 14.8 Å². The van der Waals surface area contributed by atoms with Crippen LogP contribution >= 0.6 is 11.6 Å². The maximum atomic E-state index is 14.0. The number of nitrogens with one attached hydrogen (secondary N) is 3. The van der Waals surface area contributed by atoms with E-state index < -0.39 is 56.8 Å². The van der Waals surface area contributed by atoms with Gasteiger partial charge in [0.25, 0.3) is 0 Å². The third kappa shape index (κ3) is 12.5. The molecule has 0 fully saturated rings. The first kappa shape index (κ1) is 36.6. The first-order chi connectivity index (χ1) is 20.2. The molecule has 3 N–H and O–H groups in total. The van der Waals surface area contributed by atoms with Crippen LogP contribution in [0.15, 0.2) is 59.5 Å². The molecule has 0 heterocycles. The molecule has 2 unspecified atom stereocenters. The Kier molecular flexibility index (Phi) is 14.5. The Balaban J connectivity index is 2.39. The molecule has 0 saturated carbocycles. The second-order valence-corrected chi connectivity index (χ2v) is 13.9. The molecule has 2 aromatic rings. The summed E-state index contributed by atoms with van der Waals surface area (Å²) < 4.78 is 65.6. The van der Waals surface area contributed by atoms with Crippen LogP contribution in [0.2, 0.25) is 5.02 Å². The van der Waals surface area contributed by atoms with Gasteiger partial charge >= 0.3 is 0 Å². The maximum Gasteiger partial charge on any atom is 0.245 e. The third-order valence-electron chi connectivity index (χ3n) is 6.13.